The summed E-state index contributed by atoms with van der Waals surface area (Å²) in [6.45, 7) is 3.37. The molecule has 0 aromatic heterocycles. The van der Waals surface area contributed by atoms with Crippen LogP contribution in [-0.2, 0) is 14.4 Å². The number of likely N-dealkylation sites (tertiary alicyclic amines) is 2. The SMILES string of the molecule is CN1CCC(CCC(=O)N2CCC[C@@H](C(=O)N[C@H](CC(=O)O)c3ccc4c(c3)OCO4)C2)CC1. The first-order valence-electron chi connectivity index (χ1n) is 12.3. The standard InChI is InChI=1S/C25H35N3O6/c1-27-11-8-17(9-12-27)4-7-23(29)28-10-2-3-19(15-28)25(32)26-20(14-24(30)31)18-5-6-21-22(13-18)34-16-33-21/h5-6,13,17,19-20H,2-4,7-12,14-16H2,1H3,(H,26,32)(H,30,31)/t19-,20-/m1/s1. The number of benzene rings is 1. The molecule has 1 aromatic rings. The van der Waals surface area contributed by atoms with Gasteiger partial charge in [0.05, 0.1) is 18.4 Å². The molecule has 0 bridgehead atoms. The number of carbonyl (C=O) groups excluding carboxylic acids is 2. The Morgan fingerprint density at radius 1 is 1.12 bits per heavy atom. The van der Waals surface area contributed by atoms with E-state index in [0.29, 0.717) is 48.9 Å². The monoisotopic (exact) mass is 473 g/mol. The van der Waals surface area contributed by atoms with Crippen molar-refractivity contribution >= 4 is 17.8 Å². The Kier molecular flexibility index (Phi) is 7.92. The van der Waals surface area contributed by atoms with E-state index in [4.69, 9.17) is 9.47 Å². The van der Waals surface area contributed by atoms with Crippen LogP contribution in [0.15, 0.2) is 18.2 Å². The zero-order chi connectivity index (χ0) is 24.1. The number of carbonyl (C=O) groups is 3. The van der Waals surface area contributed by atoms with Gasteiger partial charge in [0, 0.05) is 19.5 Å². The lowest BCUT2D eigenvalue weighted by Gasteiger charge is -2.34. The minimum absolute atomic E-state index is 0.120. The van der Waals surface area contributed by atoms with E-state index in [1.165, 1.54) is 0 Å². The number of ether oxygens (including phenoxy) is 2. The van der Waals surface area contributed by atoms with Gasteiger partial charge >= 0.3 is 5.97 Å². The van der Waals surface area contributed by atoms with E-state index < -0.39 is 12.0 Å². The minimum atomic E-state index is -1.00. The number of rotatable bonds is 8. The first-order valence-corrected chi connectivity index (χ1v) is 12.3. The maximum absolute atomic E-state index is 13.1. The van der Waals surface area contributed by atoms with Crippen LogP contribution in [0.2, 0.25) is 0 Å². The van der Waals surface area contributed by atoms with Crippen LogP contribution < -0.4 is 14.8 Å². The fourth-order valence-electron chi connectivity index (χ4n) is 5.10. The topological polar surface area (TPSA) is 108 Å². The predicted octanol–water partition coefficient (Wildman–Crippen LogP) is 2.41. The van der Waals surface area contributed by atoms with Crippen molar-refractivity contribution < 1.29 is 29.0 Å². The normalized spacial score (nSPS) is 21.8. The lowest BCUT2D eigenvalue weighted by Crippen LogP contribution is -2.46. The van der Waals surface area contributed by atoms with Crippen molar-refractivity contribution in [3.8, 4) is 11.5 Å². The number of carboxylic acid groups (broad SMARTS) is 1. The number of nitrogens with zero attached hydrogens (tertiary/aromatic N) is 2. The van der Waals surface area contributed by atoms with Crippen molar-refractivity contribution in [1.82, 2.24) is 15.1 Å². The van der Waals surface area contributed by atoms with Crippen molar-refractivity contribution in [3.05, 3.63) is 23.8 Å². The highest BCUT2D eigenvalue weighted by Gasteiger charge is 2.31. The van der Waals surface area contributed by atoms with Gasteiger partial charge in [0.25, 0.3) is 0 Å². The Hall–Kier alpha value is -2.81. The molecule has 3 aliphatic rings. The zero-order valence-corrected chi connectivity index (χ0v) is 19.8. The first kappa shape index (κ1) is 24.3. The van der Waals surface area contributed by atoms with Crippen LogP contribution in [-0.4, -0.2) is 72.7 Å². The maximum atomic E-state index is 13.1. The highest BCUT2D eigenvalue weighted by atomic mass is 16.7. The molecule has 2 amide bonds. The summed E-state index contributed by atoms with van der Waals surface area (Å²) < 4.78 is 10.7. The minimum Gasteiger partial charge on any atom is -0.481 e. The summed E-state index contributed by atoms with van der Waals surface area (Å²) in [5.74, 6) is 0.309. The van der Waals surface area contributed by atoms with Crippen LogP contribution in [0.3, 0.4) is 0 Å². The van der Waals surface area contributed by atoms with Crippen LogP contribution in [0.4, 0.5) is 0 Å². The summed E-state index contributed by atoms with van der Waals surface area (Å²) in [5, 5.41) is 12.3. The number of hydrogen-bond donors (Lipinski definition) is 2. The largest absolute Gasteiger partial charge is 0.481 e. The molecule has 34 heavy (non-hydrogen) atoms. The van der Waals surface area contributed by atoms with Crippen LogP contribution in [0.25, 0.3) is 0 Å². The summed E-state index contributed by atoms with van der Waals surface area (Å²) in [4.78, 5) is 41.6. The number of carboxylic acids is 1. The van der Waals surface area contributed by atoms with Crippen LogP contribution >= 0.6 is 0 Å². The third-order valence-electron chi connectivity index (χ3n) is 7.24. The number of fused-ring (bicyclic) bond motifs is 1. The zero-order valence-electron chi connectivity index (χ0n) is 19.8. The Balaban J connectivity index is 1.32. The number of hydrogen-bond acceptors (Lipinski definition) is 6. The molecule has 9 nitrogen and oxygen atoms in total. The summed E-state index contributed by atoms with van der Waals surface area (Å²) in [6.07, 6.45) is 4.93. The smallest absolute Gasteiger partial charge is 0.305 e. The molecule has 0 unspecified atom stereocenters. The van der Waals surface area contributed by atoms with Gasteiger partial charge in [-0.25, -0.2) is 0 Å². The number of piperidine rings is 2. The van der Waals surface area contributed by atoms with Crippen molar-refractivity contribution in [3.63, 3.8) is 0 Å². The molecular weight excluding hydrogens is 438 g/mol. The molecule has 9 heteroatoms. The van der Waals surface area contributed by atoms with Gasteiger partial charge in [0.1, 0.15) is 0 Å². The summed E-state index contributed by atoms with van der Waals surface area (Å²) in [7, 11) is 2.13. The Morgan fingerprint density at radius 2 is 1.88 bits per heavy atom. The van der Waals surface area contributed by atoms with Crippen LogP contribution in [0.1, 0.15) is 56.6 Å². The van der Waals surface area contributed by atoms with Gasteiger partial charge in [0.15, 0.2) is 11.5 Å². The second-order valence-corrected chi connectivity index (χ2v) is 9.74. The lowest BCUT2D eigenvalue weighted by molar-refractivity contribution is -0.138. The maximum Gasteiger partial charge on any atom is 0.305 e. The molecule has 186 valence electrons. The molecule has 1 aromatic carbocycles. The molecule has 0 radical (unpaired) electrons. The summed E-state index contributed by atoms with van der Waals surface area (Å²) >= 11 is 0. The molecule has 2 fully saturated rings. The van der Waals surface area contributed by atoms with Crippen LogP contribution in [0, 0.1) is 11.8 Å². The molecule has 0 saturated carbocycles. The molecule has 2 atom stereocenters. The van der Waals surface area contributed by atoms with Gasteiger partial charge in [-0.05, 0) is 75.9 Å². The third kappa shape index (κ3) is 6.20. The van der Waals surface area contributed by atoms with Gasteiger partial charge in [-0.1, -0.05) is 6.07 Å². The van der Waals surface area contributed by atoms with Crippen LogP contribution in [0.5, 0.6) is 11.5 Å². The predicted molar refractivity (Wildman–Crippen MR) is 124 cm³/mol. The number of nitrogens with one attached hydrogen (secondary N) is 1. The van der Waals surface area contributed by atoms with Gasteiger partial charge in [-0.3, -0.25) is 14.4 Å². The molecule has 4 rings (SSSR count). The van der Waals surface area contributed by atoms with Crippen molar-refractivity contribution in [2.45, 2.75) is 51.0 Å². The van der Waals surface area contributed by atoms with Gasteiger partial charge in [0.2, 0.25) is 18.6 Å². The quantitative estimate of drug-likeness (QED) is 0.597. The molecular formula is C25H35N3O6. The summed E-state index contributed by atoms with van der Waals surface area (Å²) in [5.41, 5.74) is 0.655. The van der Waals surface area contributed by atoms with Gasteiger partial charge in [-0.15, -0.1) is 0 Å². The molecule has 0 aliphatic carbocycles. The Morgan fingerprint density at radius 3 is 2.65 bits per heavy atom. The average molecular weight is 474 g/mol. The van der Waals surface area contributed by atoms with E-state index in [-0.39, 0.29) is 30.9 Å². The molecule has 2 saturated heterocycles. The highest BCUT2D eigenvalue weighted by molar-refractivity contribution is 5.82. The lowest BCUT2D eigenvalue weighted by atomic mass is 9.91. The fraction of sp³-hybridized carbons (Fsp3) is 0.640. The fourth-order valence-corrected chi connectivity index (χ4v) is 5.10. The number of amides is 2. The third-order valence-corrected chi connectivity index (χ3v) is 7.24. The van der Waals surface area contributed by atoms with Gasteiger partial charge in [-0.2, -0.15) is 0 Å². The highest BCUT2D eigenvalue weighted by Crippen LogP contribution is 2.35. The Bertz CT molecular complexity index is 899. The van der Waals surface area contributed by atoms with E-state index in [1.807, 2.05) is 4.90 Å². The molecule has 3 aliphatic heterocycles. The first-order chi connectivity index (χ1) is 16.4. The van der Waals surface area contributed by atoms with E-state index >= 15 is 0 Å². The molecule has 3 heterocycles. The summed E-state index contributed by atoms with van der Waals surface area (Å²) in [6, 6.07) is 4.51. The second-order valence-electron chi connectivity index (χ2n) is 9.74. The number of aliphatic carboxylic acids is 1. The van der Waals surface area contributed by atoms with Crippen molar-refractivity contribution in [1.29, 1.82) is 0 Å². The molecule has 2 N–H and O–H groups in total. The van der Waals surface area contributed by atoms with Crippen molar-refractivity contribution in [2.75, 3.05) is 40.0 Å². The second kappa shape index (κ2) is 11.1. The Labute approximate surface area is 200 Å². The van der Waals surface area contributed by atoms with Crippen molar-refractivity contribution in [2.24, 2.45) is 11.8 Å². The van der Waals surface area contributed by atoms with E-state index in [1.54, 1.807) is 18.2 Å². The van der Waals surface area contributed by atoms with Gasteiger partial charge < -0.3 is 29.7 Å². The van der Waals surface area contributed by atoms with E-state index in [9.17, 15) is 19.5 Å². The van der Waals surface area contributed by atoms with E-state index in [2.05, 4.69) is 17.3 Å². The van der Waals surface area contributed by atoms with E-state index in [0.717, 1.165) is 38.8 Å². The average Bonchev–Trinajstić information content (AvgIpc) is 3.31. The molecule has 0 spiro atoms.